The highest BCUT2D eigenvalue weighted by atomic mass is 16.5. The molecule has 3 aliphatic rings. The van der Waals surface area contributed by atoms with Gasteiger partial charge in [-0.25, -0.2) is 4.79 Å². The maximum atomic E-state index is 12.2. The number of nitrogens with one attached hydrogen (secondary N) is 2. The Morgan fingerprint density at radius 1 is 1.25 bits per heavy atom. The molecule has 2 N–H and O–H groups in total. The van der Waals surface area contributed by atoms with Gasteiger partial charge >= 0.3 is 6.03 Å². The standard InChI is InChI=1S/C19H26N2O3/c22-18(20-13-16-11-14-5-1-2-6-17(14)24-16)21-15-7-10-23-19(12-15)8-3-4-9-19/h1-2,5-6,15-16H,3-4,7-13H2,(H2,20,21,22)/t15-,16+/m1/s1. The topological polar surface area (TPSA) is 59.6 Å². The average molecular weight is 330 g/mol. The normalized spacial score (nSPS) is 27.5. The summed E-state index contributed by atoms with van der Waals surface area (Å²) in [5.41, 5.74) is 1.25. The summed E-state index contributed by atoms with van der Waals surface area (Å²) in [6.07, 6.45) is 7.52. The Hall–Kier alpha value is -1.75. The first-order chi connectivity index (χ1) is 11.7. The zero-order valence-electron chi connectivity index (χ0n) is 14.1. The highest BCUT2D eigenvalue weighted by Crippen LogP contribution is 2.39. The van der Waals surface area contributed by atoms with E-state index in [-0.39, 0.29) is 23.8 Å². The molecule has 0 unspecified atom stereocenters. The lowest BCUT2D eigenvalue weighted by atomic mass is 9.89. The summed E-state index contributed by atoms with van der Waals surface area (Å²) in [6, 6.07) is 8.20. The number of benzene rings is 1. The van der Waals surface area contributed by atoms with E-state index in [0.29, 0.717) is 6.54 Å². The maximum Gasteiger partial charge on any atom is 0.315 e. The van der Waals surface area contributed by atoms with E-state index >= 15 is 0 Å². The number of hydrogen-bond donors (Lipinski definition) is 2. The summed E-state index contributed by atoms with van der Waals surface area (Å²) < 4.78 is 11.9. The number of amides is 2. The molecule has 4 rings (SSSR count). The fraction of sp³-hybridized carbons (Fsp3) is 0.632. The van der Waals surface area contributed by atoms with Crippen molar-refractivity contribution in [3.05, 3.63) is 29.8 Å². The number of para-hydroxylation sites is 1. The van der Waals surface area contributed by atoms with Crippen LogP contribution in [0.25, 0.3) is 0 Å². The number of rotatable bonds is 3. The molecule has 0 aromatic heterocycles. The zero-order chi connectivity index (χ0) is 16.4. The van der Waals surface area contributed by atoms with Crippen LogP contribution >= 0.6 is 0 Å². The molecule has 1 saturated carbocycles. The molecule has 2 fully saturated rings. The molecular weight excluding hydrogens is 304 g/mol. The van der Waals surface area contributed by atoms with Crippen molar-refractivity contribution in [2.75, 3.05) is 13.2 Å². The van der Waals surface area contributed by atoms with Gasteiger partial charge in [0.25, 0.3) is 0 Å². The SMILES string of the molecule is O=C(NC[C@@H]1Cc2ccccc2O1)N[C@@H]1CCOC2(CCCC2)C1. The van der Waals surface area contributed by atoms with Crippen molar-refractivity contribution < 1.29 is 14.3 Å². The van der Waals surface area contributed by atoms with Crippen LogP contribution in [0.2, 0.25) is 0 Å². The Kier molecular flexibility index (Phi) is 4.35. The molecule has 2 heterocycles. The Morgan fingerprint density at radius 2 is 2.08 bits per heavy atom. The number of urea groups is 1. The van der Waals surface area contributed by atoms with Crippen molar-refractivity contribution in [2.24, 2.45) is 0 Å². The third kappa shape index (κ3) is 3.36. The number of fused-ring (bicyclic) bond motifs is 1. The third-order valence-corrected chi connectivity index (χ3v) is 5.55. The van der Waals surface area contributed by atoms with E-state index in [0.717, 1.165) is 44.5 Å². The minimum Gasteiger partial charge on any atom is -0.488 e. The summed E-state index contributed by atoms with van der Waals surface area (Å²) >= 11 is 0. The monoisotopic (exact) mass is 330 g/mol. The van der Waals surface area contributed by atoms with Crippen LogP contribution in [0, 0.1) is 0 Å². The summed E-state index contributed by atoms with van der Waals surface area (Å²) in [7, 11) is 0. The molecule has 1 saturated heterocycles. The van der Waals surface area contributed by atoms with Crippen molar-refractivity contribution in [1.82, 2.24) is 10.6 Å². The van der Waals surface area contributed by atoms with Crippen LogP contribution < -0.4 is 15.4 Å². The molecule has 1 spiro atoms. The van der Waals surface area contributed by atoms with Crippen LogP contribution in [0.15, 0.2) is 24.3 Å². The van der Waals surface area contributed by atoms with Crippen LogP contribution in [0.3, 0.4) is 0 Å². The molecule has 0 radical (unpaired) electrons. The predicted molar refractivity (Wildman–Crippen MR) is 91.3 cm³/mol. The first-order valence-electron chi connectivity index (χ1n) is 9.15. The summed E-state index contributed by atoms with van der Waals surface area (Å²) in [5, 5.41) is 6.10. The molecular formula is C19H26N2O3. The quantitative estimate of drug-likeness (QED) is 0.896. The Labute approximate surface area is 143 Å². The van der Waals surface area contributed by atoms with E-state index in [1.165, 1.54) is 18.4 Å². The van der Waals surface area contributed by atoms with Crippen molar-refractivity contribution in [2.45, 2.75) is 62.7 Å². The molecule has 5 heteroatoms. The van der Waals surface area contributed by atoms with Gasteiger partial charge in [-0.2, -0.15) is 0 Å². The minimum absolute atomic E-state index is 0.0315. The van der Waals surface area contributed by atoms with Gasteiger partial charge in [0.15, 0.2) is 0 Å². The fourth-order valence-electron chi connectivity index (χ4n) is 4.33. The average Bonchev–Trinajstić information content (AvgIpc) is 3.19. The van der Waals surface area contributed by atoms with Crippen molar-refractivity contribution in [1.29, 1.82) is 0 Å². The number of carbonyl (C=O) groups is 1. The van der Waals surface area contributed by atoms with Crippen LogP contribution in [0.5, 0.6) is 5.75 Å². The molecule has 130 valence electrons. The van der Waals surface area contributed by atoms with Gasteiger partial charge in [-0.05, 0) is 37.3 Å². The Morgan fingerprint density at radius 3 is 2.92 bits per heavy atom. The van der Waals surface area contributed by atoms with Crippen LogP contribution in [-0.4, -0.2) is 36.9 Å². The largest absolute Gasteiger partial charge is 0.488 e. The highest BCUT2D eigenvalue weighted by Gasteiger charge is 2.40. The molecule has 2 atom stereocenters. The number of carbonyl (C=O) groups excluding carboxylic acids is 1. The van der Waals surface area contributed by atoms with Crippen LogP contribution in [0.1, 0.15) is 44.1 Å². The first-order valence-corrected chi connectivity index (χ1v) is 9.15. The molecule has 2 aliphatic heterocycles. The molecule has 1 aromatic carbocycles. The van der Waals surface area contributed by atoms with Gasteiger partial charge < -0.3 is 20.1 Å². The van der Waals surface area contributed by atoms with Crippen molar-refractivity contribution in [3.8, 4) is 5.75 Å². The first kappa shape index (κ1) is 15.8. The summed E-state index contributed by atoms with van der Waals surface area (Å²) in [6.45, 7) is 1.29. The molecule has 2 amide bonds. The smallest absolute Gasteiger partial charge is 0.315 e. The molecule has 24 heavy (non-hydrogen) atoms. The number of hydrogen-bond acceptors (Lipinski definition) is 3. The van der Waals surface area contributed by atoms with E-state index in [2.05, 4.69) is 16.7 Å². The second-order valence-corrected chi connectivity index (χ2v) is 7.33. The lowest BCUT2D eigenvalue weighted by Gasteiger charge is -2.38. The van der Waals surface area contributed by atoms with Crippen LogP contribution in [0.4, 0.5) is 4.79 Å². The van der Waals surface area contributed by atoms with Gasteiger partial charge in [-0.1, -0.05) is 31.0 Å². The van der Waals surface area contributed by atoms with E-state index in [9.17, 15) is 4.79 Å². The summed E-state index contributed by atoms with van der Waals surface area (Å²) in [5.74, 6) is 0.942. The molecule has 1 aromatic rings. The van der Waals surface area contributed by atoms with E-state index in [1.807, 2.05) is 18.2 Å². The van der Waals surface area contributed by atoms with Gasteiger partial charge in [0.1, 0.15) is 11.9 Å². The van der Waals surface area contributed by atoms with E-state index < -0.39 is 0 Å². The second-order valence-electron chi connectivity index (χ2n) is 7.33. The van der Waals surface area contributed by atoms with Gasteiger partial charge in [0, 0.05) is 19.1 Å². The Bertz CT molecular complexity index is 573. The van der Waals surface area contributed by atoms with E-state index in [4.69, 9.17) is 9.47 Å². The predicted octanol–water partition coefficient (Wildman–Crippen LogP) is 2.78. The fourth-order valence-corrected chi connectivity index (χ4v) is 4.33. The van der Waals surface area contributed by atoms with Gasteiger partial charge in [-0.3, -0.25) is 0 Å². The summed E-state index contributed by atoms with van der Waals surface area (Å²) in [4.78, 5) is 12.2. The Balaban J connectivity index is 1.23. The minimum atomic E-state index is -0.0883. The lowest BCUT2D eigenvalue weighted by Crippen LogP contribution is -2.51. The van der Waals surface area contributed by atoms with Crippen LogP contribution in [-0.2, 0) is 11.2 Å². The third-order valence-electron chi connectivity index (χ3n) is 5.55. The molecule has 1 aliphatic carbocycles. The highest BCUT2D eigenvalue weighted by molar-refractivity contribution is 5.74. The molecule has 0 bridgehead atoms. The van der Waals surface area contributed by atoms with E-state index in [1.54, 1.807) is 0 Å². The van der Waals surface area contributed by atoms with Gasteiger partial charge in [-0.15, -0.1) is 0 Å². The number of ether oxygens (including phenoxy) is 2. The van der Waals surface area contributed by atoms with Crippen molar-refractivity contribution in [3.63, 3.8) is 0 Å². The van der Waals surface area contributed by atoms with Gasteiger partial charge in [0.2, 0.25) is 0 Å². The van der Waals surface area contributed by atoms with Gasteiger partial charge in [0.05, 0.1) is 12.1 Å². The second kappa shape index (κ2) is 6.63. The lowest BCUT2D eigenvalue weighted by molar-refractivity contribution is -0.0820. The zero-order valence-corrected chi connectivity index (χ0v) is 14.1. The van der Waals surface area contributed by atoms with Crippen molar-refractivity contribution >= 4 is 6.03 Å². The maximum absolute atomic E-state index is 12.2. The molecule has 5 nitrogen and oxygen atoms in total.